The second kappa shape index (κ2) is 4.19. The molecule has 0 fully saturated rings. The highest BCUT2D eigenvalue weighted by Crippen LogP contribution is 2.18. The van der Waals surface area contributed by atoms with Gasteiger partial charge in [-0.2, -0.15) is 5.10 Å². The van der Waals surface area contributed by atoms with Gasteiger partial charge in [-0.15, -0.1) is 11.3 Å². The molecule has 0 bridgehead atoms. The van der Waals surface area contributed by atoms with Gasteiger partial charge in [0, 0.05) is 12.4 Å². The fourth-order valence-electron chi connectivity index (χ4n) is 1.53. The molecule has 0 saturated carbocycles. The number of carbonyl (C=O) groups is 1. The number of nitrogens with zero attached hydrogens (tertiary/aromatic N) is 4. The number of rotatable bonds is 2. The Hall–Kier alpha value is -2.28. The monoisotopic (exact) mass is 259 g/mol. The number of amides is 1. The van der Waals surface area contributed by atoms with Crippen molar-refractivity contribution < 1.29 is 4.79 Å². The fourth-order valence-corrected chi connectivity index (χ4v) is 2.20. The molecule has 1 N–H and O–H groups in total. The number of hydrogen-bond acceptors (Lipinski definition) is 5. The predicted molar refractivity (Wildman–Crippen MR) is 67.8 cm³/mol. The Labute approximate surface area is 106 Å². The Kier molecular flexibility index (Phi) is 2.52. The van der Waals surface area contributed by atoms with Crippen LogP contribution in [0, 0.1) is 6.92 Å². The van der Waals surface area contributed by atoms with E-state index in [1.54, 1.807) is 35.2 Å². The first-order valence-corrected chi connectivity index (χ1v) is 6.08. The zero-order chi connectivity index (χ0) is 12.5. The number of imidazole rings is 1. The molecule has 6 nitrogen and oxygen atoms in total. The summed E-state index contributed by atoms with van der Waals surface area (Å²) in [5, 5.41) is 8.54. The summed E-state index contributed by atoms with van der Waals surface area (Å²) in [7, 11) is 0. The van der Waals surface area contributed by atoms with Gasteiger partial charge in [0.05, 0.1) is 11.2 Å². The molecule has 0 spiro atoms. The van der Waals surface area contributed by atoms with E-state index in [1.807, 2.05) is 6.92 Å². The molecule has 3 aromatic rings. The topological polar surface area (TPSA) is 72.2 Å². The normalized spacial score (nSPS) is 10.7. The zero-order valence-electron chi connectivity index (χ0n) is 9.49. The summed E-state index contributed by atoms with van der Waals surface area (Å²) < 4.78 is 1.56. The van der Waals surface area contributed by atoms with Gasteiger partial charge in [0.25, 0.3) is 5.91 Å². The van der Waals surface area contributed by atoms with Gasteiger partial charge in [-0.3, -0.25) is 4.79 Å². The fraction of sp³-hybridized carbons (Fsp3) is 0.0909. The number of aryl methyl sites for hydroxylation is 1. The van der Waals surface area contributed by atoms with Crippen molar-refractivity contribution in [2.75, 3.05) is 5.32 Å². The largest absolute Gasteiger partial charge is 0.311 e. The summed E-state index contributed by atoms with van der Waals surface area (Å²) in [6.07, 6.45) is 4.97. The first kappa shape index (κ1) is 10.8. The van der Waals surface area contributed by atoms with Gasteiger partial charge in [-0.1, -0.05) is 0 Å². The molecule has 0 radical (unpaired) electrons. The Balaban J connectivity index is 1.87. The molecule has 18 heavy (non-hydrogen) atoms. The summed E-state index contributed by atoms with van der Waals surface area (Å²) in [5.74, 6) is -0.255. The maximum atomic E-state index is 12.0. The van der Waals surface area contributed by atoms with Gasteiger partial charge in [-0.05, 0) is 19.1 Å². The SMILES string of the molecule is Cc1ncc(NC(=O)c2ccc3nccn3n2)s1. The molecule has 7 heteroatoms. The molecule has 0 aliphatic carbocycles. The van der Waals surface area contributed by atoms with Gasteiger partial charge in [-0.25, -0.2) is 14.5 Å². The summed E-state index contributed by atoms with van der Waals surface area (Å²) >= 11 is 1.43. The molecular formula is C11H9N5OS. The Bertz CT molecular complexity index is 717. The van der Waals surface area contributed by atoms with E-state index in [9.17, 15) is 4.79 Å². The maximum absolute atomic E-state index is 12.0. The van der Waals surface area contributed by atoms with Gasteiger partial charge in [0.2, 0.25) is 0 Å². The third kappa shape index (κ3) is 1.95. The van der Waals surface area contributed by atoms with E-state index in [0.29, 0.717) is 16.3 Å². The summed E-state index contributed by atoms with van der Waals surface area (Å²) in [4.78, 5) is 20.1. The molecule has 3 heterocycles. The van der Waals surface area contributed by atoms with Gasteiger partial charge in [0.1, 0.15) is 10.7 Å². The van der Waals surface area contributed by atoms with Crippen molar-refractivity contribution in [1.29, 1.82) is 0 Å². The van der Waals surface area contributed by atoms with Crippen LogP contribution in [0.25, 0.3) is 5.65 Å². The minimum absolute atomic E-state index is 0.255. The standard InChI is InChI=1S/C11H9N5OS/c1-7-13-6-10(18-7)14-11(17)8-2-3-9-12-4-5-16(9)15-8/h2-6H,1H3,(H,14,17). The lowest BCUT2D eigenvalue weighted by molar-refractivity contribution is 0.102. The van der Waals surface area contributed by atoms with Crippen molar-refractivity contribution >= 4 is 27.9 Å². The highest BCUT2D eigenvalue weighted by atomic mass is 32.1. The number of thiazole rings is 1. The van der Waals surface area contributed by atoms with Crippen molar-refractivity contribution in [3.8, 4) is 0 Å². The Morgan fingerprint density at radius 3 is 3.06 bits per heavy atom. The van der Waals surface area contributed by atoms with Crippen LogP contribution < -0.4 is 5.32 Å². The van der Waals surface area contributed by atoms with Crippen molar-refractivity contribution in [2.45, 2.75) is 6.92 Å². The smallest absolute Gasteiger partial charge is 0.276 e. The third-order valence-corrected chi connectivity index (χ3v) is 3.17. The number of hydrogen-bond donors (Lipinski definition) is 1. The predicted octanol–water partition coefficient (Wildman–Crippen LogP) is 1.75. The Morgan fingerprint density at radius 1 is 1.39 bits per heavy atom. The molecule has 0 atom stereocenters. The van der Waals surface area contributed by atoms with Crippen molar-refractivity contribution in [3.05, 3.63) is 41.4 Å². The maximum Gasteiger partial charge on any atom is 0.276 e. The molecule has 0 aliphatic heterocycles. The van der Waals surface area contributed by atoms with Crippen LogP contribution in [0.1, 0.15) is 15.5 Å². The summed E-state index contributed by atoms with van der Waals surface area (Å²) in [5.41, 5.74) is 1.05. The zero-order valence-corrected chi connectivity index (χ0v) is 10.3. The molecule has 3 rings (SSSR count). The lowest BCUT2D eigenvalue weighted by atomic mass is 10.3. The lowest BCUT2D eigenvalue weighted by Crippen LogP contribution is -2.14. The first-order chi connectivity index (χ1) is 8.72. The highest BCUT2D eigenvalue weighted by Gasteiger charge is 2.10. The van der Waals surface area contributed by atoms with Crippen molar-refractivity contribution in [2.24, 2.45) is 0 Å². The Morgan fingerprint density at radius 2 is 2.28 bits per heavy atom. The molecule has 0 aromatic carbocycles. The van der Waals surface area contributed by atoms with E-state index in [0.717, 1.165) is 5.01 Å². The molecule has 3 aromatic heterocycles. The molecule has 0 aliphatic rings. The average Bonchev–Trinajstić information content (AvgIpc) is 2.96. The molecule has 0 unspecified atom stereocenters. The second-order valence-electron chi connectivity index (χ2n) is 3.65. The van der Waals surface area contributed by atoms with E-state index < -0.39 is 0 Å². The van der Waals surface area contributed by atoms with Crippen LogP contribution in [-0.2, 0) is 0 Å². The number of carbonyl (C=O) groups excluding carboxylic acids is 1. The van der Waals surface area contributed by atoms with Gasteiger partial charge in [0.15, 0.2) is 5.65 Å². The van der Waals surface area contributed by atoms with Crippen molar-refractivity contribution in [1.82, 2.24) is 19.6 Å². The van der Waals surface area contributed by atoms with E-state index in [1.165, 1.54) is 11.3 Å². The van der Waals surface area contributed by atoms with Crippen molar-refractivity contribution in [3.63, 3.8) is 0 Å². The summed E-state index contributed by atoms with van der Waals surface area (Å²) in [6, 6.07) is 3.39. The van der Waals surface area contributed by atoms with Crippen LogP contribution >= 0.6 is 11.3 Å². The van der Waals surface area contributed by atoms with E-state index >= 15 is 0 Å². The van der Waals surface area contributed by atoms with E-state index in [4.69, 9.17) is 0 Å². The van der Waals surface area contributed by atoms with Crippen LogP contribution in [0.5, 0.6) is 0 Å². The summed E-state index contributed by atoms with van der Waals surface area (Å²) in [6.45, 7) is 1.89. The number of nitrogens with one attached hydrogen (secondary N) is 1. The minimum Gasteiger partial charge on any atom is -0.311 e. The van der Waals surface area contributed by atoms with Gasteiger partial charge < -0.3 is 5.32 Å². The van der Waals surface area contributed by atoms with Crippen LogP contribution in [0.4, 0.5) is 5.00 Å². The van der Waals surface area contributed by atoms with E-state index in [2.05, 4.69) is 20.4 Å². The minimum atomic E-state index is -0.255. The number of anilines is 1. The second-order valence-corrected chi connectivity index (χ2v) is 4.88. The average molecular weight is 259 g/mol. The molecule has 0 saturated heterocycles. The molecule has 1 amide bonds. The third-order valence-electron chi connectivity index (χ3n) is 2.35. The van der Waals surface area contributed by atoms with E-state index in [-0.39, 0.29) is 5.91 Å². The van der Waals surface area contributed by atoms with Crippen LogP contribution in [0.2, 0.25) is 0 Å². The molecule has 90 valence electrons. The molecular weight excluding hydrogens is 250 g/mol. The lowest BCUT2D eigenvalue weighted by Gasteiger charge is -2.01. The van der Waals surface area contributed by atoms with Gasteiger partial charge >= 0.3 is 0 Å². The van der Waals surface area contributed by atoms with Crippen LogP contribution in [0.3, 0.4) is 0 Å². The highest BCUT2D eigenvalue weighted by molar-refractivity contribution is 7.15. The first-order valence-electron chi connectivity index (χ1n) is 5.26. The van der Waals surface area contributed by atoms with Crippen LogP contribution in [-0.4, -0.2) is 25.5 Å². The quantitative estimate of drug-likeness (QED) is 0.761. The number of aromatic nitrogens is 4. The number of fused-ring (bicyclic) bond motifs is 1. The van der Waals surface area contributed by atoms with Crippen LogP contribution in [0.15, 0.2) is 30.7 Å².